The van der Waals surface area contributed by atoms with Gasteiger partial charge in [0.15, 0.2) is 17.2 Å². The number of aromatic nitrogens is 3. The summed E-state index contributed by atoms with van der Waals surface area (Å²) in [4.78, 5) is 31.1. The van der Waals surface area contributed by atoms with Gasteiger partial charge in [-0.15, -0.1) is 11.3 Å². The summed E-state index contributed by atoms with van der Waals surface area (Å²) in [6, 6.07) is 13.9. The lowest BCUT2D eigenvalue weighted by Gasteiger charge is -2.34. The number of carbonyl (C=O) groups is 1. The van der Waals surface area contributed by atoms with E-state index in [2.05, 4.69) is 19.9 Å². The highest BCUT2D eigenvalue weighted by Gasteiger charge is 2.27. The van der Waals surface area contributed by atoms with Crippen LogP contribution in [0, 0.1) is 0 Å². The molecule has 0 N–H and O–H groups in total. The largest absolute Gasteiger partial charge is 0.493 e. The molecule has 3 heterocycles. The highest BCUT2D eigenvalue weighted by atomic mass is 32.1. The topological polar surface area (TPSA) is 80.7 Å². The van der Waals surface area contributed by atoms with Gasteiger partial charge in [-0.3, -0.25) is 9.69 Å². The summed E-state index contributed by atoms with van der Waals surface area (Å²) in [6.07, 6.45) is 3.18. The first-order valence-corrected chi connectivity index (χ1v) is 11.9. The fraction of sp³-hybridized carbons (Fsp3) is 0.280. The number of para-hydroxylation sites is 1. The number of nitrogens with zero attached hydrogens (tertiary/aromatic N) is 5. The van der Waals surface area contributed by atoms with Crippen LogP contribution in [0.4, 0.5) is 0 Å². The van der Waals surface area contributed by atoms with Crippen molar-refractivity contribution < 1.29 is 14.3 Å². The summed E-state index contributed by atoms with van der Waals surface area (Å²) in [7, 11) is 3.27. The number of fused-ring (bicyclic) bond motifs is 1. The molecule has 2 aromatic heterocycles. The number of hydrogen-bond acceptors (Lipinski definition) is 8. The maximum atomic E-state index is 13.4. The minimum absolute atomic E-state index is 0.104. The molecule has 5 rings (SSSR count). The SMILES string of the molecule is COc1ccc(CN2CCN(C(=O)c3nccnc3-c3nc4ccccc4s3)CC2)cc1OC. The first kappa shape index (κ1) is 22.2. The molecular formula is C25H25N5O3S. The van der Waals surface area contributed by atoms with E-state index >= 15 is 0 Å². The van der Waals surface area contributed by atoms with Crippen LogP contribution < -0.4 is 9.47 Å². The van der Waals surface area contributed by atoms with Crippen molar-refractivity contribution in [2.75, 3.05) is 40.4 Å². The number of benzene rings is 2. The predicted molar refractivity (Wildman–Crippen MR) is 131 cm³/mol. The lowest BCUT2D eigenvalue weighted by Crippen LogP contribution is -2.48. The van der Waals surface area contributed by atoms with E-state index in [1.807, 2.05) is 47.4 Å². The smallest absolute Gasteiger partial charge is 0.274 e. The van der Waals surface area contributed by atoms with Gasteiger partial charge in [0.05, 0.1) is 24.4 Å². The maximum Gasteiger partial charge on any atom is 0.274 e. The standard InChI is InChI=1S/C25H25N5O3S/c1-32-19-8-7-17(15-20(19)33-2)16-29-11-13-30(14-12-29)25(31)23-22(26-9-10-27-23)24-28-18-5-3-4-6-21(18)34-24/h3-10,15H,11-14,16H2,1-2H3. The van der Waals surface area contributed by atoms with Crippen LogP contribution >= 0.6 is 11.3 Å². The Bertz CT molecular complexity index is 1280. The van der Waals surface area contributed by atoms with Crippen LogP contribution in [-0.4, -0.2) is 71.1 Å². The van der Waals surface area contributed by atoms with Gasteiger partial charge >= 0.3 is 0 Å². The Morgan fingerprint density at radius 1 is 0.971 bits per heavy atom. The number of carbonyl (C=O) groups excluding carboxylic acids is 1. The molecule has 4 aromatic rings. The molecule has 0 atom stereocenters. The number of ether oxygens (including phenoxy) is 2. The predicted octanol–water partition coefficient (Wildman–Crippen LogP) is 3.73. The minimum atomic E-state index is -0.104. The number of hydrogen-bond donors (Lipinski definition) is 0. The molecule has 8 nitrogen and oxygen atoms in total. The van der Waals surface area contributed by atoms with Gasteiger partial charge in [-0.05, 0) is 29.8 Å². The highest BCUT2D eigenvalue weighted by molar-refractivity contribution is 7.21. The van der Waals surface area contributed by atoms with Crippen LogP contribution in [0.25, 0.3) is 20.9 Å². The molecule has 0 radical (unpaired) electrons. The summed E-state index contributed by atoms with van der Waals surface area (Å²) in [5, 5.41) is 0.713. The molecule has 9 heteroatoms. The molecule has 1 saturated heterocycles. The Morgan fingerprint density at radius 3 is 2.50 bits per heavy atom. The van der Waals surface area contributed by atoms with Crippen LogP contribution in [0.15, 0.2) is 54.9 Å². The normalized spacial score (nSPS) is 14.4. The van der Waals surface area contributed by atoms with Crippen LogP contribution in [0.3, 0.4) is 0 Å². The minimum Gasteiger partial charge on any atom is -0.493 e. The molecule has 1 aliphatic rings. The monoisotopic (exact) mass is 475 g/mol. The summed E-state index contributed by atoms with van der Waals surface area (Å²) in [6.45, 7) is 3.59. The first-order chi connectivity index (χ1) is 16.7. The van der Waals surface area contributed by atoms with Gasteiger partial charge < -0.3 is 14.4 Å². The van der Waals surface area contributed by atoms with Gasteiger partial charge in [0.1, 0.15) is 10.7 Å². The van der Waals surface area contributed by atoms with Gasteiger partial charge in [0.2, 0.25) is 0 Å². The van der Waals surface area contributed by atoms with Gasteiger partial charge in [0, 0.05) is 45.1 Å². The van der Waals surface area contributed by atoms with E-state index in [4.69, 9.17) is 9.47 Å². The average Bonchev–Trinajstić information content (AvgIpc) is 3.33. The quantitative estimate of drug-likeness (QED) is 0.420. The number of thiazole rings is 1. The molecule has 1 fully saturated rings. The second-order valence-corrected chi connectivity index (χ2v) is 9.03. The van der Waals surface area contributed by atoms with Crippen molar-refractivity contribution in [2.24, 2.45) is 0 Å². The van der Waals surface area contributed by atoms with Crippen molar-refractivity contribution in [3.63, 3.8) is 0 Å². The van der Waals surface area contributed by atoms with Gasteiger partial charge in [0.25, 0.3) is 5.91 Å². The molecule has 1 aliphatic heterocycles. The fourth-order valence-corrected chi connectivity index (χ4v) is 5.08. The Labute approximate surface area is 201 Å². The lowest BCUT2D eigenvalue weighted by molar-refractivity contribution is 0.0623. The summed E-state index contributed by atoms with van der Waals surface area (Å²) < 4.78 is 11.8. The summed E-state index contributed by atoms with van der Waals surface area (Å²) >= 11 is 1.52. The van der Waals surface area contributed by atoms with Crippen molar-refractivity contribution in [1.29, 1.82) is 0 Å². The Morgan fingerprint density at radius 2 is 1.74 bits per heavy atom. The average molecular weight is 476 g/mol. The fourth-order valence-electron chi connectivity index (χ4n) is 4.12. The first-order valence-electron chi connectivity index (χ1n) is 11.1. The van der Waals surface area contributed by atoms with E-state index < -0.39 is 0 Å². The zero-order valence-electron chi connectivity index (χ0n) is 19.1. The lowest BCUT2D eigenvalue weighted by atomic mass is 10.1. The van der Waals surface area contributed by atoms with Crippen molar-refractivity contribution in [3.05, 3.63) is 66.1 Å². The van der Waals surface area contributed by atoms with E-state index in [1.54, 1.807) is 26.6 Å². The number of piperazine rings is 1. The third-order valence-corrected chi connectivity index (χ3v) is 6.95. The third kappa shape index (κ3) is 4.44. The van der Waals surface area contributed by atoms with E-state index in [0.29, 0.717) is 29.5 Å². The number of methoxy groups -OCH3 is 2. The van der Waals surface area contributed by atoms with Crippen molar-refractivity contribution in [1.82, 2.24) is 24.8 Å². The van der Waals surface area contributed by atoms with E-state index in [1.165, 1.54) is 11.3 Å². The van der Waals surface area contributed by atoms with Gasteiger partial charge in [-0.25, -0.2) is 15.0 Å². The van der Waals surface area contributed by atoms with Crippen molar-refractivity contribution in [2.45, 2.75) is 6.54 Å². The van der Waals surface area contributed by atoms with Crippen LogP contribution in [0.2, 0.25) is 0 Å². The van der Waals surface area contributed by atoms with Crippen molar-refractivity contribution in [3.8, 4) is 22.2 Å². The van der Waals surface area contributed by atoms with Crippen LogP contribution in [0.5, 0.6) is 11.5 Å². The van der Waals surface area contributed by atoms with E-state index in [9.17, 15) is 4.79 Å². The van der Waals surface area contributed by atoms with E-state index in [0.717, 1.165) is 46.9 Å². The molecular weight excluding hydrogens is 450 g/mol. The van der Waals surface area contributed by atoms with E-state index in [-0.39, 0.29) is 5.91 Å². The molecule has 1 amide bonds. The van der Waals surface area contributed by atoms with Gasteiger partial charge in [-0.2, -0.15) is 0 Å². The Hall–Kier alpha value is -3.56. The molecule has 34 heavy (non-hydrogen) atoms. The summed E-state index contributed by atoms with van der Waals surface area (Å²) in [5.74, 6) is 1.33. The summed E-state index contributed by atoms with van der Waals surface area (Å²) in [5.41, 5.74) is 2.94. The number of amides is 1. The molecule has 0 bridgehead atoms. The second-order valence-electron chi connectivity index (χ2n) is 8.00. The third-order valence-electron chi connectivity index (χ3n) is 5.91. The van der Waals surface area contributed by atoms with Gasteiger partial charge in [-0.1, -0.05) is 18.2 Å². The van der Waals surface area contributed by atoms with Crippen LogP contribution in [-0.2, 0) is 6.54 Å². The Balaban J connectivity index is 1.28. The maximum absolute atomic E-state index is 13.4. The molecule has 0 aliphatic carbocycles. The van der Waals surface area contributed by atoms with Crippen molar-refractivity contribution >= 4 is 27.5 Å². The molecule has 174 valence electrons. The molecule has 0 saturated carbocycles. The zero-order chi connectivity index (χ0) is 23.5. The van der Waals surface area contributed by atoms with Crippen LogP contribution in [0.1, 0.15) is 16.1 Å². The Kier molecular flexibility index (Phi) is 6.37. The molecule has 0 unspecified atom stereocenters. The second kappa shape index (κ2) is 9.74. The number of rotatable bonds is 6. The zero-order valence-corrected chi connectivity index (χ0v) is 19.9. The molecule has 0 spiro atoms. The molecule has 2 aromatic carbocycles. The highest BCUT2D eigenvalue weighted by Crippen LogP contribution is 2.31.